The van der Waals surface area contributed by atoms with E-state index in [1.54, 1.807) is 0 Å². The molecule has 19 aromatic rings. The fraction of sp³-hybridized carbons (Fsp3) is 0.121. The summed E-state index contributed by atoms with van der Waals surface area (Å²) in [7, 11) is 0. The number of anilines is 2. The van der Waals surface area contributed by atoms with Gasteiger partial charge in [-0.25, -0.2) is 0 Å². The van der Waals surface area contributed by atoms with Gasteiger partial charge in [0.05, 0.1) is 34.2 Å². The van der Waals surface area contributed by atoms with E-state index >= 15 is 0 Å². The Kier molecular flexibility index (Phi) is 11.1. The zero-order valence-electron chi connectivity index (χ0n) is 52.9. The molecular weight excluding hydrogens is 1250 g/mol. The van der Waals surface area contributed by atoms with Crippen LogP contribution in [0.3, 0.4) is 0 Å². The quantitative estimate of drug-likeness (QED) is 0.0395. The van der Waals surface area contributed by atoms with Crippen molar-refractivity contribution in [2.75, 3.05) is 15.4 Å². The van der Waals surface area contributed by atoms with Gasteiger partial charge in [0.1, 0.15) is 0 Å². The normalized spacial score (nSPS) is 12.9. The van der Waals surface area contributed by atoms with Gasteiger partial charge in [-0.15, -0.1) is 0 Å². The third kappa shape index (κ3) is 6.61. The van der Waals surface area contributed by atoms with Crippen LogP contribution in [0.1, 0.15) is 69.9 Å². The second-order valence-corrected chi connectivity index (χ2v) is 27.9. The lowest BCUT2D eigenvalue weighted by Crippen LogP contribution is -2.04. The van der Waals surface area contributed by atoms with Crippen molar-refractivity contribution in [3.8, 4) is 66.8 Å². The Labute approximate surface area is 558 Å². The minimum Gasteiger partial charge on any atom is -0.384 e. The number of hydrogen-bond donors (Lipinski definition) is 2. The van der Waals surface area contributed by atoms with E-state index in [-0.39, 0.29) is 0 Å². The maximum atomic E-state index is 4.74. The van der Waals surface area contributed by atoms with Crippen molar-refractivity contribution < 1.29 is 0 Å². The Balaban J connectivity index is 0.838. The van der Waals surface area contributed by atoms with E-state index < -0.39 is 0 Å². The second-order valence-electron chi connectivity index (χ2n) is 27.4. The molecule has 0 unspecified atom stereocenters. The first-order valence-corrected chi connectivity index (χ1v) is 35.3. The first-order valence-electron chi connectivity index (χ1n) is 34.2. The number of rotatable bonds is 13. The highest BCUT2D eigenvalue weighted by Gasteiger charge is 2.36. The summed E-state index contributed by atoms with van der Waals surface area (Å²) < 4.78 is 3.69. The highest BCUT2D eigenvalue weighted by molar-refractivity contribution is 14.1. The van der Waals surface area contributed by atoms with Crippen molar-refractivity contribution in [3.05, 3.63) is 224 Å². The van der Waals surface area contributed by atoms with E-state index in [1.165, 1.54) is 284 Å². The van der Waals surface area contributed by atoms with Crippen LogP contribution >= 0.6 is 22.9 Å². The molecule has 3 heteroatoms. The second kappa shape index (κ2) is 19.5. The molecule has 0 atom stereocenters. The zero-order valence-corrected chi connectivity index (χ0v) is 55.0. The maximum Gasteiger partial charge on any atom is 0.0593 e. The Morgan fingerprint density at radius 2 is 0.660 bits per heavy atom. The number of unbranched alkanes of at least 4 members (excludes halogenated alkanes) is 5. The maximum absolute atomic E-state index is 4.74. The van der Waals surface area contributed by atoms with Crippen LogP contribution in [-0.2, 0) is 0 Å². The average molecular weight is 1310 g/mol. The highest BCUT2D eigenvalue weighted by Crippen LogP contribution is 2.63. The van der Waals surface area contributed by atoms with Gasteiger partial charge >= 0.3 is 0 Å². The van der Waals surface area contributed by atoms with Gasteiger partial charge < -0.3 is 8.85 Å². The molecule has 2 nitrogen and oxygen atoms in total. The summed E-state index contributed by atoms with van der Waals surface area (Å²) in [6.45, 7) is 12.6. The fourth-order valence-electron chi connectivity index (χ4n) is 19.2. The number of allylic oxidation sites excluding steroid dienone is 1. The molecule has 0 amide bonds. The van der Waals surface area contributed by atoms with Crippen LogP contribution in [0.5, 0.6) is 0 Å². The lowest BCUT2D eigenvalue weighted by Gasteiger charge is -2.19. The molecule has 0 bridgehead atoms. The molecule has 0 aromatic heterocycles. The third-order valence-electron chi connectivity index (χ3n) is 23.0. The molecule has 21 rings (SSSR count). The van der Waals surface area contributed by atoms with Crippen molar-refractivity contribution in [2.24, 2.45) is 0 Å². The van der Waals surface area contributed by atoms with E-state index in [2.05, 4.69) is 259 Å². The van der Waals surface area contributed by atoms with Crippen LogP contribution in [-0.4, -0.2) is 6.54 Å². The first-order chi connectivity index (χ1) is 46.5. The molecule has 0 saturated carbocycles. The Morgan fingerprint density at radius 1 is 0.309 bits per heavy atom. The van der Waals surface area contributed by atoms with Crippen LogP contribution in [0, 0.1) is 6.92 Å². The predicted octanol–water partition coefficient (Wildman–Crippen LogP) is 27.5. The predicted molar refractivity (Wildman–Crippen MR) is 420 cm³/mol. The van der Waals surface area contributed by atoms with Crippen LogP contribution in [0.15, 0.2) is 213 Å². The molecule has 2 aliphatic carbocycles. The van der Waals surface area contributed by atoms with Crippen LogP contribution in [0.25, 0.3) is 223 Å². The first kappa shape index (κ1) is 53.4. The number of aryl methyl sites for hydroxylation is 1. The summed E-state index contributed by atoms with van der Waals surface area (Å²) in [5, 5.41) is 41.3. The number of benzene rings is 17. The molecule has 444 valence electrons. The molecule has 0 spiro atoms. The lowest BCUT2D eigenvalue weighted by molar-refractivity contribution is 0.617. The molecule has 19 aromatic carbocycles. The van der Waals surface area contributed by atoms with E-state index in [0.29, 0.717) is 0 Å². The van der Waals surface area contributed by atoms with Crippen molar-refractivity contribution >= 4 is 191 Å². The van der Waals surface area contributed by atoms with E-state index in [4.69, 9.17) is 6.58 Å². The molecule has 2 aliphatic rings. The average Bonchev–Trinajstić information content (AvgIpc) is 1.49. The monoisotopic (exact) mass is 1310 g/mol. The minimum absolute atomic E-state index is 0.879. The van der Waals surface area contributed by atoms with Crippen molar-refractivity contribution in [1.82, 2.24) is 0 Å². The summed E-state index contributed by atoms with van der Waals surface area (Å²) in [4.78, 5) is 0. The number of nitrogens with one attached hydrogen (secondary N) is 2. The van der Waals surface area contributed by atoms with Gasteiger partial charge in [-0.05, 0) is 227 Å². The Morgan fingerprint density at radius 3 is 1.12 bits per heavy atom. The van der Waals surface area contributed by atoms with Gasteiger partial charge in [0, 0.05) is 34.0 Å². The smallest absolute Gasteiger partial charge is 0.0593 e. The van der Waals surface area contributed by atoms with Crippen LogP contribution in [0.2, 0.25) is 0 Å². The molecular formula is C91H63IN2. The van der Waals surface area contributed by atoms with Crippen molar-refractivity contribution in [2.45, 2.75) is 65.7 Å². The lowest BCUT2D eigenvalue weighted by atomic mass is 9.86. The molecule has 0 fully saturated rings. The Bertz CT molecular complexity index is 6380. The van der Waals surface area contributed by atoms with E-state index in [9.17, 15) is 0 Å². The SMILES string of the molecule is C=C(CC)c1c2c(c(NI)c3ccccc13)-c1ccc3c4ccc5c6c(-c7ccccc7)c7c8ccc9c%10ccc%11c%12c(ccc(c%13ccc(c7c(-c7ccccc7)c6c6ccc(c7ccc-2c1c37)c4c56)c8c9%13)c%12%10)-c1c-%11c(C)c2ccccc2c1NCCCCCCCC. The molecule has 0 saturated heterocycles. The van der Waals surface area contributed by atoms with Gasteiger partial charge in [-0.3, -0.25) is 0 Å². The topological polar surface area (TPSA) is 24.1 Å². The summed E-state index contributed by atoms with van der Waals surface area (Å²) in [5.41, 5.74) is 22.1. The summed E-state index contributed by atoms with van der Waals surface area (Å²) >= 11 is 2.36. The molecule has 0 aliphatic heterocycles. The number of fused-ring (bicyclic) bond motifs is 18. The Hall–Kier alpha value is -10.1. The van der Waals surface area contributed by atoms with Gasteiger partial charge in [-0.1, -0.05) is 259 Å². The third-order valence-corrected chi connectivity index (χ3v) is 23.5. The fourth-order valence-corrected chi connectivity index (χ4v) is 19.8. The summed E-state index contributed by atoms with van der Waals surface area (Å²) in [5.74, 6) is 0. The van der Waals surface area contributed by atoms with Gasteiger partial charge in [0.25, 0.3) is 0 Å². The van der Waals surface area contributed by atoms with Crippen LogP contribution in [0.4, 0.5) is 11.4 Å². The minimum atomic E-state index is 0.879. The molecule has 0 heterocycles. The van der Waals surface area contributed by atoms with E-state index in [1.807, 2.05) is 0 Å². The van der Waals surface area contributed by atoms with E-state index in [0.717, 1.165) is 13.0 Å². The van der Waals surface area contributed by atoms with Crippen molar-refractivity contribution in [1.29, 1.82) is 0 Å². The summed E-state index contributed by atoms with van der Waals surface area (Å²) in [6, 6.07) is 80.5. The van der Waals surface area contributed by atoms with Crippen molar-refractivity contribution in [3.63, 3.8) is 0 Å². The van der Waals surface area contributed by atoms with Gasteiger partial charge in [0.2, 0.25) is 0 Å². The van der Waals surface area contributed by atoms with Crippen LogP contribution < -0.4 is 8.85 Å². The van der Waals surface area contributed by atoms with Gasteiger partial charge in [0.15, 0.2) is 0 Å². The largest absolute Gasteiger partial charge is 0.384 e. The molecule has 94 heavy (non-hydrogen) atoms. The standard InChI is InChI=1S/C91H63IN2/c1-5-7-8-9-10-21-46-93-90-61-28-19-17-26-51(61)48(4)72-63-38-30-53-54-32-40-65-80-67(42-34-56(76(54)80)59-36-44-69(88(72)90)79(63)75(53)59)86-74(50-24-15-12-16-25-50)85-66-41-33-55-58-31-39-64-82-70(89-83(64)71(47(3)6-2)52-27-18-20-29-62(52)91(89)94-92)45-37-60(78(58)82)57-35-43-68(81(66)77(55)57)87(85)73(84(65)86)49-22-13-11-14-23-49/h11-20,22-45,93-94H,3,5-10,21,46H2,1-2,4H3. The number of halogens is 1. The number of hydrogen-bond acceptors (Lipinski definition) is 2. The zero-order chi connectivity index (χ0) is 62.1. The molecule has 0 radical (unpaired) electrons. The molecule has 2 N–H and O–H groups in total. The summed E-state index contributed by atoms with van der Waals surface area (Å²) in [6.07, 6.45) is 8.55. The highest BCUT2D eigenvalue weighted by atomic mass is 127. The van der Waals surface area contributed by atoms with Gasteiger partial charge in [-0.2, -0.15) is 0 Å².